The molecule has 3 aromatic carbocycles. The van der Waals surface area contributed by atoms with Gasteiger partial charge in [0.05, 0.1) is 21.0 Å². The second-order valence-corrected chi connectivity index (χ2v) is 10.2. The van der Waals surface area contributed by atoms with Crippen LogP contribution in [-0.2, 0) is 20.0 Å². The van der Waals surface area contributed by atoms with Gasteiger partial charge in [0.25, 0.3) is 20.0 Å². The predicted octanol–water partition coefficient (Wildman–Crippen LogP) is 4.47. The van der Waals surface area contributed by atoms with Crippen LogP contribution in [0.25, 0.3) is 0 Å². The Morgan fingerprint density at radius 1 is 0.733 bits per heavy atom. The molecule has 0 aromatic heterocycles. The number of sulfonamides is 2. The molecule has 0 saturated carbocycles. The molecule has 0 fully saturated rings. The molecule has 3 aromatic rings. The summed E-state index contributed by atoms with van der Waals surface area (Å²) in [6, 6.07) is 17.0. The largest absolute Gasteiger partial charge is 0.280 e. The lowest BCUT2D eigenvalue weighted by molar-refractivity contribution is 0.600. The fourth-order valence-corrected chi connectivity index (χ4v) is 5.34. The summed E-state index contributed by atoms with van der Waals surface area (Å²) in [5.74, 6) is 0. The topological polar surface area (TPSA) is 116 Å². The maximum Gasteiger partial charge on any atom is 0.261 e. The third-order valence-electron chi connectivity index (χ3n) is 3.86. The van der Waals surface area contributed by atoms with Crippen molar-refractivity contribution < 1.29 is 16.8 Å². The third kappa shape index (κ3) is 5.04. The van der Waals surface area contributed by atoms with Crippen LogP contribution in [0.4, 0.5) is 11.4 Å². The van der Waals surface area contributed by atoms with Gasteiger partial charge in [-0.2, -0.15) is 5.26 Å². The van der Waals surface area contributed by atoms with E-state index in [2.05, 4.69) is 9.44 Å². The number of para-hydroxylation sites is 1. The molecular formula is C19H13Cl2N3O4S2. The molecule has 0 heterocycles. The van der Waals surface area contributed by atoms with E-state index in [0.717, 1.165) is 0 Å². The molecule has 30 heavy (non-hydrogen) atoms. The molecule has 0 radical (unpaired) electrons. The van der Waals surface area contributed by atoms with Crippen LogP contribution in [0.2, 0.25) is 10.0 Å². The van der Waals surface area contributed by atoms with Crippen molar-refractivity contribution in [1.29, 1.82) is 5.26 Å². The SMILES string of the molecule is N#Cc1ccccc1NS(=O)(=O)c1ccc(NS(=O)(=O)c2cc(Cl)cc(Cl)c2)cc1. The minimum Gasteiger partial charge on any atom is -0.280 e. The Hall–Kier alpha value is -2.77. The van der Waals surface area contributed by atoms with Crippen molar-refractivity contribution in [3.8, 4) is 6.07 Å². The van der Waals surface area contributed by atoms with Crippen molar-refractivity contribution in [1.82, 2.24) is 0 Å². The number of hydrogen-bond donors (Lipinski definition) is 2. The molecule has 0 atom stereocenters. The summed E-state index contributed by atoms with van der Waals surface area (Å²) < 4.78 is 54.8. The Balaban J connectivity index is 1.83. The van der Waals surface area contributed by atoms with Crippen LogP contribution >= 0.6 is 23.2 Å². The minimum absolute atomic E-state index is 0.107. The van der Waals surface area contributed by atoms with E-state index < -0.39 is 20.0 Å². The number of rotatable bonds is 6. The highest BCUT2D eigenvalue weighted by Crippen LogP contribution is 2.25. The molecule has 2 N–H and O–H groups in total. The number of benzene rings is 3. The average Bonchev–Trinajstić information content (AvgIpc) is 2.67. The first kappa shape index (κ1) is 21.9. The first-order valence-electron chi connectivity index (χ1n) is 8.22. The van der Waals surface area contributed by atoms with Gasteiger partial charge in [0, 0.05) is 15.7 Å². The Bertz CT molecular complexity index is 1330. The lowest BCUT2D eigenvalue weighted by atomic mass is 10.2. The van der Waals surface area contributed by atoms with Crippen LogP contribution in [0.3, 0.4) is 0 Å². The van der Waals surface area contributed by atoms with Gasteiger partial charge < -0.3 is 0 Å². The molecule has 0 unspecified atom stereocenters. The summed E-state index contributed by atoms with van der Waals surface area (Å²) in [5, 5.41) is 9.41. The van der Waals surface area contributed by atoms with Crippen molar-refractivity contribution in [3.05, 3.63) is 82.3 Å². The van der Waals surface area contributed by atoms with E-state index >= 15 is 0 Å². The summed E-state index contributed by atoms with van der Waals surface area (Å²) in [5.41, 5.74) is 0.454. The Labute approximate surface area is 184 Å². The fourth-order valence-electron chi connectivity index (χ4n) is 2.47. The first-order valence-corrected chi connectivity index (χ1v) is 11.9. The number of hydrogen-bond acceptors (Lipinski definition) is 5. The lowest BCUT2D eigenvalue weighted by Gasteiger charge is -2.11. The molecule has 0 aliphatic rings. The zero-order chi connectivity index (χ0) is 21.9. The van der Waals surface area contributed by atoms with Crippen LogP contribution < -0.4 is 9.44 Å². The van der Waals surface area contributed by atoms with Crippen molar-refractivity contribution in [3.63, 3.8) is 0 Å². The lowest BCUT2D eigenvalue weighted by Crippen LogP contribution is -2.15. The van der Waals surface area contributed by atoms with Crippen LogP contribution in [0.5, 0.6) is 0 Å². The van der Waals surface area contributed by atoms with Gasteiger partial charge in [-0.05, 0) is 54.6 Å². The number of nitriles is 1. The fraction of sp³-hybridized carbons (Fsp3) is 0. The standard InChI is InChI=1S/C19H13Cl2N3O4S2/c20-14-9-15(21)11-18(10-14)30(27,28)23-16-5-7-17(8-6-16)29(25,26)24-19-4-2-1-3-13(19)12-22/h1-11,23-24H. The number of nitrogens with zero attached hydrogens (tertiary/aromatic N) is 1. The highest BCUT2D eigenvalue weighted by molar-refractivity contribution is 7.93. The second-order valence-electron chi connectivity index (χ2n) is 6.00. The summed E-state index contributed by atoms with van der Waals surface area (Å²) in [4.78, 5) is -0.240. The molecule has 11 heteroatoms. The van der Waals surface area contributed by atoms with Crippen molar-refractivity contribution in [2.45, 2.75) is 9.79 Å². The maximum atomic E-state index is 12.6. The van der Waals surface area contributed by atoms with Crippen LogP contribution in [0.1, 0.15) is 5.56 Å². The summed E-state index contributed by atoms with van der Waals surface area (Å²) in [7, 11) is -7.97. The van der Waals surface area contributed by atoms with Gasteiger partial charge in [-0.25, -0.2) is 16.8 Å². The van der Waals surface area contributed by atoms with Gasteiger partial charge in [0.2, 0.25) is 0 Å². The van der Waals surface area contributed by atoms with E-state index in [1.165, 1.54) is 54.6 Å². The Morgan fingerprint density at radius 3 is 1.90 bits per heavy atom. The van der Waals surface area contributed by atoms with E-state index in [4.69, 9.17) is 28.5 Å². The van der Waals surface area contributed by atoms with E-state index in [9.17, 15) is 16.8 Å². The Kier molecular flexibility index (Phi) is 6.24. The Morgan fingerprint density at radius 2 is 1.30 bits per heavy atom. The normalized spacial score (nSPS) is 11.5. The summed E-state index contributed by atoms with van der Waals surface area (Å²) in [6.45, 7) is 0. The summed E-state index contributed by atoms with van der Waals surface area (Å²) >= 11 is 11.7. The molecule has 0 saturated heterocycles. The molecule has 0 bridgehead atoms. The molecule has 0 spiro atoms. The number of nitrogens with one attached hydrogen (secondary N) is 2. The summed E-state index contributed by atoms with van der Waals surface area (Å²) in [6.07, 6.45) is 0. The maximum absolute atomic E-state index is 12.6. The quantitative estimate of drug-likeness (QED) is 0.538. The monoisotopic (exact) mass is 481 g/mol. The van der Waals surface area contributed by atoms with Crippen molar-refractivity contribution in [2.24, 2.45) is 0 Å². The van der Waals surface area contributed by atoms with Crippen LogP contribution in [0, 0.1) is 11.3 Å². The third-order valence-corrected chi connectivity index (χ3v) is 7.03. The van der Waals surface area contributed by atoms with Crippen molar-refractivity contribution >= 4 is 54.6 Å². The van der Waals surface area contributed by atoms with Crippen LogP contribution in [0.15, 0.2) is 76.5 Å². The molecule has 3 rings (SSSR count). The highest BCUT2D eigenvalue weighted by atomic mass is 35.5. The molecule has 7 nitrogen and oxygen atoms in total. The van der Waals surface area contributed by atoms with E-state index in [-0.39, 0.29) is 36.8 Å². The smallest absolute Gasteiger partial charge is 0.261 e. The predicted molar refractivity (Wildman–Crippen MR) is 116 cm³/mol. The van der Waals surface area contributed by atoms with Gasteiger partial charge in [0.15, 0.2) is 0 Å². The number of halogens is 2. The van der Waals surface area contributed by atoms with Gasteiger partial charge >= 0.3 is 0 Å². The molecule has 0 aliphatic carbocycles. The van der Waals surface area contributed by atoms with Crippen LogP contribution in [-0.4, -0.2) is 16.8 Å². The van der Waals surface area contributed by atoms with E-state index in [1.807, 2.05) is 6.07 Å². The minimum atomic E-state index is -3.98. The highest BCUT2D eigenvalue weighted by Gasteiger charge is 2.18. The average molecular weight is 482 g/mol. The van der Waals surface area contributed by atoms with Crippen molar-refractivity contribution in [2.75, 3.05) is 9.44 Å². The molecule has 0 aliphatic heterocycles. The van der Waals surface area contributed by atoms with E-state index in [0.29, 0.717) is 0 Å². The first-order chi connectivity index (χ1) is 14.1. The molecular weight excluding hydrogens is 469 g/mol. The second kappa shape index (κ2) is 8.53. The van der Waals surface area contributed by atoms with Gasteiger partial charge in [-0.3, -0.25) is 9.44 Å². The van der Waals surface area contributed by atoms with Gasteiger partial charge in [0.1, 0.15) is 6.07 Å². The van der Waals surface area contributed by atoms with Gasteiger partial charge in [-0.1, -0.05) is 35.3 Å². The zero-order valence-electron chi connectivity index (χ0n) is 15.0. The molecule has 0 amide bonds. The van der Waals surface area contributed by atoms with Gasteiger partial charge in [-0.15, -0.1) is 0 Å². The zero-order valence-corrected chi connectivity index (χ0v) is 18.1. The molecule has 154 valence electrons. The van der Waals surface area contributed by atoms with E-state index in [1.54, 1.807) is 12.1 Å². The number of anilines is 2.